The van der Waals surface area contributed by atoms with Crippen LogP contribution in [0.2, 0.25) is 0 Å². The maximum absolute atomic E-state index is 14.8. The Kier molecular flexibility index (Phi) is 7.76. The zero-order chi connectivity index (χ0) is 28.7. The average molecular weight is 612 g/mol. The number of fused-ring (bicyclic) bond motifs is 2. The monoisotopic (exact) mass is 612 g/mol. The molecule has 8 atom stereocenters. The van der Waals surface area contributed by atoms with Gasteiger partial charge in [-0.15, -0.1) is 18.5 Å². The maximum Gasteiger partial charge on any atom is 0.697 e. The molecule has 4 aromatic rings. The average Bonchev–Trinajstić information content (AvgIpc) is 3.72. The molecular formula is C20H23FN10O8P2+2. The second-order valence-electron chi connectivity index (χ2n) is 9.11. The van der Waals surface area contributed by atoms with Crippen molar-refractivity contribution >= 4 is 50.5 Å². The number of alkyl halides is 1. The van der Waals surface area contributed by atoms with Gasteiger partial charge in [0, 0.05) is 22.0 Å². The normalized spacial score (nSPS) is 27.2. The van der Waals surface area contributed by atoms with E-state index in [2.05, 4.69) is 29.9 Å². The molecular weight excluding hydrogens is 589 g/mol. The van der Waals surface area contributed by atoms with E-state index in [0.29, 0.717) is 22.3 Å². The van der Waals surface area contributed by atoms with E-state index in [-0.39, 0.29) is 37.7 Å². The fourth-order valence-electron chi connectivity index (χ4n) is 4.72. The Morgan fingerprint density at radius 2 is 1.44 bits per heavy atom. The second kappa shape index (κ2) is 11.5. The first kappa shape index (κ1) is 27.7. The van der Waals surface area contributed by atoms with Gasteiger partial charge in [-0.3, -0.25) is 9.13 Å². The molecule has 5 N–H and O–H groups in total. The number of nitrogens with two attached hydrogens (primary N) is 2. The van der Waals surface area contributed by atoms with E-state index in [4.69, 9.17) is 39.4 Å². The molecule has 2 unspecified atom stereocenters. The van der Waals surface area contributed by atoms with Gasteiger partial charge < -0.3 is 20.9 Å². The highest BCUT2D eigenvalue weighted by Gasteiger charge is 2.46. The summed E-state index contributed by atoms with van der Waals surface area (Å²) in [5.41, 5.74) is 13.2. The van der Waals surface area contributed by atoms with Gasteiger partial charge in [0.2, 0.25) is 0 Å². The summed E-state index contributed by atoms with van der Waals surface area (Å²) in [6.45, 7) is -0.716. The number of hydrogen-bond donors (Lipinski definition) is 3. The molecule has 41 heavy (non-hydrogen) atoms. The Bertz CT molecular complexity index is 1610. The van der Waals surface area contributed by atoms with Crippen molar-refractivity contribution in [2.24, 2.45) is 0 Å². The Balaban J connectivity index is 1.09. The van der Waals surface area contributed by atoms with Gasteiger partial charge in [-0.25, -0.2) is 34.3 Å². The first-order valence-electron chi connectivity index (χ1n) is 12.2. The van der Waals surface area contributed by atoms with Gasteiger partial charge in [-0.2, -0.15) is 0 Å². The van der Waals surface area contributed by atoms with Gasteiger partial charge in [0.25, 0.3) is 0 Å². The van der Waals surface area contributed by atoms with Crippen LogP contribution in [0.3, 0.4) is 0 Å². The van der Waals surface area contributed by atoms with Crippen molar-refractivity contribution in [2.45, 2.75) is 49.8 Å². The zero-order valence-corrected chi connectivity index (χ0v) is 22.7. The lowest BCUT2D eigenvalue weighted by molar-refractivity contribution is -0.0407. The van der Waals surface area contributed by atoms with Crippen molar-refractivity contribution in [2.75, 3.05) is 24.7 Å². The quantitative estimate of drug-likeness (QED) is 0.215. The molecule has 216 valence electrons. The molecule has 0 amide bonds. The summed E-state index contributed by atoms with van der Waals surface area (Å²) in [5.74, 6) is 0.359. The summed E-state index contributed by atoms with van der Waals surface area (Å²) < 4.78 is 69.2. The summed E-state index contributed by atoms with van der Waals surface area (Å²) >= 11 is 0. The van der Waals surface area contributed by atoms with E-state index in [1.165, 1.54) is 25.3 Å². The van der Waals surface area contributed by atoms with Gasteiger partial charge in [0.1, 0.15) is 73.8 Å². The van der Waals surface area contributed by atoms with Gasteiger partial charge in [-0.05, 0) is 0 Å². The van der Waals surface area contributed by atoms with Crippen LogP contribution in [0.5, 0.6) is 0 Å². The first-order valence-corrected chi connectivity index (χ1v) is 14.4. The van der Waals surface area contributed by atoms with Crippen LogP contribution < -0.4 is 11.5 Å². The molecule has 0 aliphatic carbocycles. The Hall–Kier alpha value is -3.41. The fraction of sp³-hybridized carbons (Fsp3) is 0.500. The minimum Gasteiger partial charge on any atom is -0.382 e. The Labute approximate surface area is 231 Å². The van der Waals surface area contributed by atoms with Gasteiger partial charge in [0.15, 0.2) is 22.9 Å². The molecule has 4 aromatic heterocycles. The SMILES string of the molecule is Nc1ncnc2c1ncn2[C@H]1C[C@H](O[P+](=O)OC[C@H]2O[C@@H](n3cnc4c(N)ncnc43)C[C@@H]2F)[C@@H](CO[P+](=O)O)O1. The first-order chi connectivity index (χ1) is 19.8. The van der Waals surface area contributed by atoms with Crippen LogP contribution in [-0.4, -0.2) is 81.6 Å². The van der Waals surface area contributed by atoms with Crippen LogP contribution in [0.15, 0.2) is 25.3 Å². The largest absolute Gasteiger partial charge is 0.697 e. The van der Waals surface area contributed by atoms with Crippen molar-refractivity contribution < 1.29 is 41.5 Å². The number of imidazole rings is 2. The van der Waals surface area contributed by atoms with E-state index in [9.17, 15) is 13.5 Å². The minimum absolute atomic E-state index is 0.0230. The van der Waals surface area contributed by atoms with Crippen LogP contribution >= 0.6 is 16.5 Å². The summed E-state index contributed by atoms with van der Waals surface area (Å²) in [4.78, 5) is 33.5. The summed E-state index contributed by atoms with van der Waals surface area (Å²) in [6.07, 6.45) is -0.225. The molecule has 0 saturated carbocycles. The highest BCUT2D eigenvalue weighted by atomic mass is 31.1. The van der Waals surface area contributed by atoms with Crippen LogP contribution in [0.25, 0.3) is 22.3 Å². The Morgan fingerprint density at radius 1 is 0.878 bits per heavy atom. The lowest BCUT2D eigenvalue weighted by Gasteiger charge is -2.13. The van der Waals surface area contributed by atoms with Crippen molar-refractivity contribution in [3.63, 3.8) is 0 Å². The number of aromatic nitrogens is 8. The third kappa shape index (κ3) is 5.58. The number of hydrogen-bond acceptors (Lipinski definition) is 15. The zero-order valence-electron chi connectivity index (χ0n) is 20.9. The predicted molar refractivity (Wildman–Crippen MR) is 136 cm³/mol. The predicted octanol–water partition coefficient (Wildman–Crippen LogP) is 1.47. The highest BCUT2D eigenvalue weighted by Crippen LogP contribution is 2.41. The van der Waals surface area contributed by atoms with Crippen molar-refractivity contribution in [3.05, 3.63) is 25.3 Å². The van der Waals surface area contributed by atoms with E-state index in [0.717, 1.165) is 0 Å². The smallest absolute Gasteiger partial charge is 0.382 e. The molecule has 2 aliphatic heterocycles. The number of halogens is 1. The van der Waals surface area contributed by atoms with Gasteiger partial charge in [-0.1, -0.05) is 0 Å². The van der Waals surface area contributed by atoms with E-state index in [1.807, 2.05) is 0 Å². The maximum atomic E-state index is 14.8. The van der Waals surface area contributed by atoms with E-state index >= 15 is 0 Å². The van der Waals surface area contributed by atoms with Crippen molar-refractivity contribution in [3.8, 4) is 0 Å². The molecule has 18 nitrogen and oxygen atoms in total. The van der Waals surface area contributed by atoms with Gasteiger partial charge in [0.05, 0.1) is 12.7 Å². The summed E-state index contributed by atoms with van der Waals surface area (Å²) in [7, 11) is -5.71. The second-order valence-corrected chi connectivity index (χ2v) is 10.8. The number of anilines is 2. The molecule has 2 fully saturated rings. The molecule has 6 heterocycles. The number of rotatable bonds is 10. The number of nitrogen functional groups attached to an aromatic ring is 2. The highest BCUT2D eigenvalue weighted by molar-refractivity contribution is 7.33. The van der Waals surface area contributed by atoms with E-state index < -0.39 is 53.4 Å². The molecule has 21 heteroatoms. The Morgan fingerprint density at radius 3 is 2.05 bits per heavy atom. The van der Waals surface area contributed by atoms with E-state index in [1.54, 1.807) is 9.13 Å². The lowest BCUT2D eigenvalue weighted by atomic mass is 10.2. The van der Waals surface area contributed by atoms with Crippen LogP contribution in [-0.2, 0) is 32.2 Å². The topological polar surface area (TPSA) is 240 Å². The molecule has 6 rings (SSSR count). The molecule has 0 radical (unpaired) electrons. The van der Waals surface area contributed by atoms with Crippen molar-refractivity contribution in [1.82, 2.24) is 39.0 Å². The minimum atomic E-state index is -2.92. The molecule has 0 aromatic carbocycles. The molecule has 0 spiro atoms. The third-order valence-corrected chi connectivity index (χ3v) is 7.82. The summed E-state index contributed by atoms with van der Waals surface area (Å²) in [5, 5.41) is 0. The number of ether oxygens (including phenoxy) is 2. The lowest BCUT2D eigenvalue weighted by Crippen LogP contribution is -2.27. The molecule has 2 aliphatic rings. The van der Waals surface area contributed by atoms with Crippen LogP contribution in [0, 0.1) is 0 Å². The molecule has 0 bridgehead atoms. The van der Waals surface area contributed by atoms with Crippen LogP contribution in [0.1, 0.15) is 25.3 Å². The van der Waals surface area contributed by atoms with Gasteiger partial charge >= 0.3 is 16.5 Å². The molecule has 2 saturated heterocycles. The number of nitrogens with zero attached hydrogens (tertiary/aromatic N) is 8. The standard InChI is InChI=1S/C20H22FN10O8P2/c21-9-1-13(30-7-28-15-17(22)24-5-26-19(15)30)37-11(9)3-36-41(34)39-10-2-14(38-12(10)4-35-40(32)33)31-8-29-16-18(23)25-6-27-20(16)31/h5-14H,1-4H2,(H4-,22,23,24,25,26,27,32,33)/q+1/p+1/t9-,10-,11+,12+,13+,14+/m0/s1. The fourth-order valence-corrected chi connectivity index (χ4v) is 5.76. The van der Waals surface area contributed by atoms with Crippen molar-refractivity contribution in [1.29, 1.82) is 0 Å². The van der Waals surface area contributed by atoms with Crippen LogP contribution in [0.4, 0.5) is 16.0 Å². The summed E-state index contributed by atoms with van der Waals surface area (Å²) in [6, 6.07) is 0. The third-order valence-electron chi connectivity index (χ3n) is 6.65.